The Morgan fingerprint density at radius 2 is 1.74 bits per heavy atom. The van der Waals surface area contributed by atoms with Gasteiger partial charge in [-0.25, -0.2) is 0 Å². The minimum atomic E-state index is -0.778. The Balaban J connectivity index is 1.32. The normalized spacial score (nSPS) is 21.0. The van der Waals surface area contributed by atoms with E-state index in [1.54, 1.807) is 42.6 Å². The van der Waals surface area contributed by atoms with Gasteiger partial charge in [-0.3, -0.25) is 9.78 Å². The molecule has 0 saturated carbocycles. The van der Waals surface area contributed by atoms with Gasteiger partial charge in [-0.15, -0.1) is 0 Å². The number of anilines is 1. The Bertz CT molecular complexity index is 1480. The number of aromatic nitrogens is 1. The topological polar surface area (TPSA) is 124 Å². The van der Waals surface area contributed by atoms with Crippen LogP contribution in [0, 0.1) is 5.92 Å². The number of rotatable bonds is 10. The van der Waals surface area contributed by atoms with Crippen LogP contribution in [0.2, 0.25) is 0 Å². The van der Waals surface area contributed by atoms with Gasteiger partial charge in [0.05, 0.1) is 30.5 Å². The number of hydrogen-bond donors (Lipinski definition) is 4. The number of hydrogen-bond acceptors (Lipinski definition) is 8. The molecule has 224 valence electrons. The van der Waals surface area contributed by atoms with Crippen LogP contribution < -0.4 is 5.32 Å². The van der Waals surface area contributed by atoms with E-state index in [9.17, 15) is 20.1 Å². The number of pyridine rings is 1. The van der Waals surface area contributed by atoms with Gasteiger partial charge in [-0.2, -0.15) is 0 Å². The third-order valence-corrected chi connectivity index (χ3v) is 7.72. The maximum atomic E-state index is 12.6. The van der Waals surface area contributed by atoms with Gasteiger partial charge in [0, 0.05) is 42.7 Å². The highest BCUT2D eigenvalue weighted by Crippen LogP contribution is 2.42. The van der Waals surface area contributed by atoms with Gasteiger partial charge in [0.2, 0.25) is 0 Å². The summed E-state index contributed by atoms with van der Waals surface area (Å²) in [6, 6.07) is 25.2. The van der Waals surface area contributed by atoms with Crippen molar-refractivity contribution < 1.29 is 29.6 Å². The van der Waals surface area contributed by atoms with Crippen LogP contribution in [0.1, 0.15) is 58.0 Å². The molecule has 1 aliphatic rings. The lowest BCUT2D eigenvalue weighted by Crippen LogP contribution is -2.44. The molecular weight excluding hydrogens is 546 g/mol. The molecule has 1 aromatic heterocycles. The zero-order valence-electron chi connectivity index (χ0n) is 24.2. The number of aliphatic hydroxyl groups is 2. The van der Waals surface area contributed by atoms with Crippen LogP contribution in [0.4, 0.5) is 5.69 Å². The zero-order valence-corrected chi connectivity index (χ0v) is 24.2. The predicted molar refractivity (Wildman–Crippen MR) is 162 cm³/mol. The molecule has 5 rings (SSSR count). The second-order valence-corrected chi connectivity index (χ2v) is 11.0. The molecule has 0 unspecified atom stereocenters. The molecule has 3 aromatic carbocycles. The molecule has 1 fully saturated rings. The number of nitrogens with zero attached hydrogens (tertiary/aromatic N) is 2. The highest BCUT2D eigenvalue weighted by atomic mass is 16.7. The minimum Gasteiger partial charge on any atom is -0.508 e. The third kappa shape index (κ3) is 7.64. The molecule has 1 aliphatic heterocycles. The fourth-order valence-corrected chi connectivity index (χ4v) is 5.27. The summed E-state index contributed by atoms with van der Waals surface area (Å²) in [4.78, 5) is 18.6. The summed E-state index contributed by atoms with van der Waals surface area (Å²) in [5.41, 5.74) is 4.34. The van der Waals surface area contributed by atoms with Gasteiger partial charge in [0.25, 0.3) is 5.91 Å². The predicted octanol–water partition coefficient (Wildman–Crippen LogP) is 4.99. The van der Waals surface area contributed by atoms with E-state index in [2.05, 4.69) is 17.2 Å². The fraction of sp³-hybridized carbons (Fsp3) is 0.294. The van der Waals surface area contributed by atoms with Gasteiger partial charge in [0.15, 0.2) is 6.29 Å². The number of amides is 1. The van der Waals surface area contributed by atoms with Crippen LogP contribution in [0.3, 0.4) is 0 Å². The Labute approximate surface area is 251 Å². The number of carbonyl (C=O) groups excluding carboxylic acids is 1. The van der Waals surface area contributed by atoms with E-state index in [0.29, 0.717) is 29.9 Å². The van der Waals surface area contributed by atoms with Gasteiger partial charge in [-0.1, -0.05) is 55.5 Å². The highest BCUT2D eigenvalue weighted by Gasteiger charge is 2.39. The number of likely N-dealkylation sites (N-methyl/N-ethyl adjacent to an activating group) is 1. The Morgan fingerprint density at radius 1 is 1.00 bits per heavy atom. The first-order valence-corrected chi connectivity index (χ1v) is 14.3. The summed E-state index contributed by atoms with van der Waals surface area (Å²) in [5.74, 6) is -0.169. The molecule has 0 aliphatic carbocycles. The molecule has 5 atom stereocenters. The monoisotopic (exact) mass is 583 g/mol. The lowest BCUT2D eigenvalue weighted by Gasteiger charge is -2.42. The van der Waals surface area contributed by atoms with Gasteiger partial charge >= 0.3 is 0 Å². The zero-order chi connectivity index (χ0) is 30.3. The minimum absolute atomic E-state index is 0.0327. The maximum absolute atomic E-state index is 12.6. The lowest BCUT2D eigenvalue weighted by molar-refractivity contribution is -0.276. The summed E-state index contributed by atoms with van der Waals surface area (Å²) in [5, 5.41) is 33.0. The smallest absolute Gasteiger partial charge is 0.257 e. The summed E-state index contributed by atoms with van der Waals surface area (Å²) in [7, 11) is 1.93. The second kappa shape index (κ2) is 13.9. The first-order chi connectivity index (χ1) is 20.8. The molecule has 4 N–H and O–H groups in total. The lowest BCUT2D eigenvalue weighted by atomic mass is 9.90. The molecule has 9 nitrogen and oxygen atoms in total. The number of benzene rings is 3. The van der Waals surface area contributed by atoms with E-state index in [0.717, 1.165) is 16.7 Å². The quantitative estimate of drug-likeness (QED) is 0.206. The maximum Gasteiger partial charge on any atom is 0.257 e. The van der Waals surface area contributed by atoms with Crippen molar-refractivity contribution in [2.24, 2.45) is 5.92 Å². The number of phenolic OH excluding ortho intramolecular Hbond substituents is 1. The first kappa shape index (κ1) is 30.3. The number of ether oxygens (including phenoxy) is 2. The average molecular weight is 584 g/mol. The molecule has 4 aromatic rings. The molecule has 0 radical (unpaired) electrons. The van der Waals surface area contributed by atoms with Crippen LogP contribution in [-0.4, -0.2) is 57.4 Å². The molecule has 9 heteroatoms. The number of aromatic hydroxyl groups is 1. The van der Waals surface area contributed by atoms with Crippen molar-refractivity contribution in [1.82, 2.24) is 9.88 Å². The first-order valence-electron chi connectivity index (χ1n) is 14.3. The van der Waals surface area contributed by atoms with Gasteiger partial charge in [-0.05, 0) is 60.1 Å². The van der Waals surface area contributed by atoms with Crippen molar-refractivity contribution >= 4 is 11.6 Å². The van der Waals surface area contributed by atoms with E-state index < -0.39 is 12.4 Å². The highest BCUT2D eigenvalue weighted by molar-refractivity contribution is 6.04. The number of phenols is 1. The SMILES string of the molecule is C[C@@H]1[C@H](CN(C)C[C@@H](O)c2cccc(O)c2)O[C@H](c2ccc(NC(=O)c3cccnc3)cc2)O[C@@H]1c1ccc(CO)cc1. The summed E-state index contributed by atoms with van der Waals surface area (Å²) in [6.07, 6.45) is 1.16. The van der Waals surface area contributed by atoms with Crippen molar-refractivity contribution in [1.29, 1.82) is 0 Å². The summed E-state index contributed by atoms with van der Waals surface area (Å²) >= 11 is 0. The molecule has 1 amide bonds. The van der Waals surface area contributed by atoms with Crippen molar-refractivity contribution in [3.05, 3.63) is 125 Å². The van der Waals surface area contributed by atoms with E-state index in [1.165, 1.54) is 6.20 Å². The Hall–Kier alpha value is -4.12. The number of aliphatic hydroxyl groups excluding tert-OH is 2. The standard InChI is InChI=1S/C34H37N3O6/c1-22-31(20-37(2)19-30(40)26-5-3-7-29(39)17-26)42-34(43-32(22)24-10-8-23(21-38)9-11-24)25-12-14-28(15-13-25)36-33(41)27-6-4-16-35-18-27/h3-18,22,30-32,34,38-40H,19-21H2,1-2H3,(H,36,41)/t22-,30-,31+,32+,34+/m1/s1. The number of carbonyl (C=O) groups is 1. The van der Waals surface area contributed by atoms with Crippen LogP contribution in [0.25, 0.3) is 0 Å². The van der Waals surface area contributed by atoms with Crippen LogP contribution in [-0.2, 0) is 16.1 Å². The molecular formula is C34H37N3O6. The summed E-state index contributed by atoms with van der Waals surface area (Å²) < 4.78 is 13.1. The van der Waals surface area contributed by atoms with E-state index in [4.69, 9.17) is 9.47 Å². The molecule has 1 saturated heterocycles. The van der Waals surface area contributed by atoms with Crippen molar-refractivity contribution in [3.63, 3.8) is 0 Å². The molecule has 43 heavy (non-hydrogen) atoms. The Kier molecular flexibility index (Phi) is 9.81. The average Bonchev–Trinajstić information content (AvgIpc) is 3.03. The van der Waals surface area contributed by atoms with E-state index in [-0.39, 0.29) is 36.4 Å². The van der Waals surface area contributed by atoms with Crippen LogP contribution >= 0.6 is 0 Å². The summed E-state index contributed by atoms with van der Waals surface area (Å²) in [6.45, 7) is 2.93. The van der Waals surface area contributed by atoms with E-state index in [1.807, 2.05) is 60.5 Å². The second-order valence-electron chi connectivity index (χ2n) is 11.0. The number of nitrogens with one attached hydrogen (secondary N) is 1. The van der Waals surface area contributed by atoms with Gasteiger partial charge in [0.1, 0.15) is 5.75 Å². The van der Waals surface area contributed by atoms with Gasteiger partial charge < -0.3 is 35.0 Å². The van der Waals surface area contributed by atoms with Crippen LogP contribution in [0.15, 0.2) is 97.3 Å². The van der Waals surface area contributed by atoms with Crippen molar-refractivity contribution in [2.45, 2.75) is 38.1 Å². The van der Waals surface area contributed by atoms with E-state index >= 15 is 0 Å². The molecule has 0 bridgehead atoms. The van der Waals surface area contributed by atoms with Crippen LogP contribution in [0.5, 0.6) is 5.75 Å². The molecule has 0 spiro atoms. The molecule has 2 heterocycles. The largest absolute Gasteiger partial charge is 0.508 e. The third-order valence-electron chi connectivity index (χ3n) is 7.72. The Morgan fingerprint density at radius 3 is 2.42 bits per heavy atom. The van der Waals surface area contributed by atoms with Crippen molar-refractivity contribution in [2.75, 3.05) is 25.5 Å². The van der Waals surface area contributed by atoms with Crippen molar-refractivity contribution in [3.8, 4) is 5.75 Å². The fourth-order valence-electron chi connectivity index (χ4n) is 5.27.